The molecule has 8 rings (SSSR count). The Kier molecular flexibility index (Phi) is 5.57. The minimum absolute atomic E-state index is 0.0900. The second-order valence-corrected chi connectivity index (χ2v) is 10.4. The van der Waals surface area contributed by atoms with Gasteiger partial charge in [-0.15, -0.1) is 0 Å². The maximum absolute atomic E-state index is 13.9. The van der Waals surface area contributed by atoms with E-state index in [-0.39, 0.29) is 5.69 Å². The van der Waals surface area contributed by atoms with Crippen LogP contribution in [0.25, 0.3) is 66.2 Å². The van der Waals surface area contributed by atoms with Crippen molar-refractivity contribution in [2.24, 2.45) is 0 Å². The van der Waals surface area contributed by atoms with Crippen LogP contribution in [0, 0.1) is 0 Å². The van der Waals surface area contributed by atoms with Crippen molar-refractivity contribution in [3.63, 3.8) is 0 Å². The lowest BCUT2D eigenvalue weighted by molar-refractivity contribution is 0.931. The molecular formula is C38H25N3O. The zero-order valence-corrected chi connectivity index (χ0v) is 22.7. The highest BCUT2D eigenvalue weighted by Crippen LogP contribution is 2.43. The molecule has 0 N–H and O–H groups in total. The van der Waals surface area contributed by atoms with Crippen molar-refractivity contribution < 1.29 is 0 Å². The molecule has 0 amide bonds. The third-order valence-electron chi connectivity index (χ3n) is 8.08. The van der Waals surface area contributed by atoms with Crippen molar-refractivity contribution in [1.82, 2.24) is 14.1 Å². The molecule has 0 atom stereocenters. The molecule has 0 spiro atoms. The second kappa shape index (κ2) is 9.72. The van der Waals surface area contributed by atoms with Gasteiger partial charge in [-0.1, -0.05) is 91.0 Å². The largest absolute Gasteiger partial charge is 0.338 e. The van der Waals surface area contributed by atoms with Gasteiger partial charge in [0, 0.05) is 12.4 Å². The fourth-order valence-electron chi connectivity index (χ4n) is 6.27. The normalized spacial score (nSPS) is 11.4. The van der Waals surface area contributed by atoms with E-state index >= 15 is 0 Å². The molecule has 0 bridgehead atoms. The van der Waals surface area contributed by atoms with Crippen LogP contribution in [0.15, 0.2) is 157 Å². The molecule has 8 aromatic rings. The van der Waals surface area contributed by atoms with Gasteiger partial charge in [0.15, 0.2) is 0 Å². The van der Waals surface area contributed by atoms with Crippen LogP contribution in [0.3, 0.4) is 0 Å². The first-order valence-corrected chi connectivity index (χ1v) is 14.0. The van der Waals surface area contributed by atoms with E-state index in [1.54, 1.807) is 9.13 Å². The van der Waals surface area contributed by atoms with Gasteiger partial charge in [-0.05, 0) is 92.3 Å². The predicted molar refractivity (Wildman–Crippen MR) is 173 cm³/mol. The van der Waals surface area contributed by atoms with Crippen LogP contribution in [0.2, 0.25) is 0 Å². The molecule has 0 unspecified atom stereocenters. The number of pyridine rings is 1. The van der Waals surface area contributed by atoms with Gasteiger partial charge in [-0.3, -0.25) is 14.1 Å². The molecule has 0 radical (unpaired) electrons. The number of rotatable bonds is 4. The Morgan fingerprint density at radius 1 is 0.405 bits per heavy atom. The summed E-state index contributed by atoms with van der Waals surface area (Å²) < 4.78 is 3.58. The summed E-state index contributed by atoms with van der Waals surface area (Å²) in [5.41, 5.74) is 7.98. The van der Waals surface area contributed by atoms with Crippen LogP contribution < -0.4 is 5.69 Å². The van der Waals surface area contributed by atoms with Gasteiger partial charge in [0.2, 0.25) is 0 Å². The molecule has 2 heterocycles. The lowest BCUT2D eigenvalue weighted by atomic mass is 9.86. The Morgan fingerprint density at radius 3 is 1.31 bits per heavy atom. The van der Waals surface area contributed by atoms with E-state index in [0.29, 0.717) is 0 Å². The number of hydrogen-bond donors (Lipinski definition) is 0. The molecule has 4 nitrogen and oxygen atoms in total. The summed E-state index contributed by atoms with van der Waals surface area (Å²) in [5, 5.41) is 4.77. The van der Waals surface area contributed by atoms with E-state index < -0.39 is 0 Å². The number of benzene rings is 6. The van der Waals surface area contributed by atoms with Crippen molar-refractivity contribution >= 4 is 32.6 Å². The van der Waals surface area contributed by atoms with E-state index in [9.17, 15) is 4.79 Å². The molecule has 2 aromatic heterocycles. The molecule has 4 heteroatoms. The Morgan fingerprint density at radius 2 is 0.810 bits per heavy atom. The Hall–Kier alpha value is -5.74. The smallest absolute Gasteiger partial charge is 0.265 e. The van der Waals surface area contributed by atoms with Crippen LogP contribution >= 0.6 is 0 Å². The predicted octanol–water partition coefficient (Wildman–Crippen LogP) is 8.82. The molecular weight excluding hydrogens is 514 g/mol. The number of nitrogens with zero attached hydrogens (tertiary/aromatic N) is 3. The van der Waals surface area contributed by atoms with Crippen LogP contribution in [-0.4, -0.2) is 14.1 Å². The van der Waals surface area contributed by atoms with Gasteiger partial charge >= 0.3 is 5.69 Å². The van der Waals surface area contributed by atoms with Gasteiger partial charge in [-0.2, -0.15) is 0 Å². The van der Waals surface area contributed by atoms with Gasteiger partial charge in [0.1, 0.15) is 0 Å². The number of fused-ring (bicyclic) bond motifs is 3. The number of hydrogen-bond acceptors (Lipinski definition) is 2. The van der Waals surface area contributed by atoms with Crippen molar-refractivity contribution in [3.05, 3.63) is 162 Å². The maximum atomic E-state index is 13.9. The van der Waals surface area contributed by atoms with Gasteiger partial charge in [0.25, 0.3) is 0 Å². The van der Waals surface area contributed by atoms with Gasteiger partial charge < -0.3 is 0 Å². The lowest BCUT2D eigenvalue weighted by Gasteiger charge is -2.17. The molecule has 0 saturated heterocycles. The van der Waals surface area contributed by atoms with Crippen LogP contribution in [0.4, 0.5) is 0 Å². The summed E-state index contributed by atoms with van der Waals surface area (Å²) in [7, 11) is 0. The average Bonchev–Trinajstić information content (AvgIpc) is 3.36. The number of aromatic nitrogens is 3. The van der Waals surface area contributed by atoms with Crippen molar-refractivity contribution in [1.29, 1.82) is 0 Å². The van der Waals surface area contributed by atoms with E-state index in [2.05, 4.69) is 89.9 Å². The SMILES string of the molecule is O=c1n(-c2ccccc2)c2ccccc2n1-c1ccc(-c2c3ccccc3c(-c3ccncc3)c3ccccc23)cc1. The van der Waals surface area contributed by atoms with E-state index in [0.717, 1.165) is 33.5 Å². The first-order chi connectivity index (χ1) is 20.8. The topological polar surface area (TPSA) is 39.8 Å². The van der Waals surface area contributed by atoms with Gasteiger partial charge in [-0.25, -0.2) is 4.79 Å². The molecule has 0 fully saturated rings. The van der Waals surface area contributed by atoms with Crippen LogP contribution in [0.5, 0.6) is 0 Å². The van der Waals surface area contributed by atoms with Crippen molar-refractivity contribution in [2.45, 2.75) is 0 Å². The molecule has 0 aliphatic rings. The third-order valence-corrected chi connectivity index (χ3v) is 8.08. The second-order valence-electron chi connectivity index (χ2n) is 10.4. The molecule has 0 aliphatic heterocycles. The molecule has 0 saturated carbocycles. The number of imidazole rings is 1. The molecule has 0 aliphatic carbocycles. The summed E-state index contributed by atoms with van der Waals surface area (Å²) in [4.78, 5) is 18.1. The van der Waals surface area contributed by atoms with E-state index in [4.69, 9.17) is 0 Å². The highest BCUT2D eigenvalue weighted by molar-refractivity contribution is 6.21. The first-order valence-electron chi connectivity index (χ1n) is 14.0. The minimum Gasteiger partial charge on any atom is -0.265 e. The third kappa shape index (κ3) is 3.70. The van der Waals surface area contributed by atoms with Crippen molar-refractivity contribution in [3.8, 4) is 33.6 Å². The Bertz CT molecular complexity index is 2240. The lowest BCUT2D eigenvalue weighted by Crippen LogP contribution is -2.22. The Balaban J connectivity index is 1.35. The zero-order valence-electron chi connectivity index (χ0n) is 22.7. The number of para-hydroxylation sites is 3. The first kappa shape index (κ1) is 24.1. The molecule has 198 valence electrons. The standard InChI is InChI=1S/C38H25N3O/c42-38-40(28-10-2-1-3-11-28)34-16-8-9-17-35(34)41(38)29-20-18-26(19-21-29)36-30-12-4-6-14-32(30)37(27-22-24-39-25-23-27)33-15-7-5-13-31(33)36/h1-25H. The fraction of sp³-hybridized carbons (Fsp3) is 0. The monoisotopic (exact) mass is 539 g/mol. The summed E-state index contributed by atoms with van der Waals surface area (Å²) in [6.07, 6.45) is 3.70. The molecule has 42 heavy (non-hydrogen) atoms. The summed E-state index contributed by atoms with van der Waals surface area (Å²) in [5.74, 6) is 0. The van der Waals surface area contributed by atoms with Crippen LogP contribution in [0.1, 0.15) is 0 Å². The highest BCUT2D eigenvalue weighted by atomic mass is 16.1. The summed E-state index contributed by atoms with van der Waals surface area (Å²) in [6.45, 7) is 0. The zero-order chi connectivity index (χ0) is 28.0. The molecule has 6 aromatic carbocycles. The quantitative estimate of drug-likeness (QED) is 0.210. The average molecular weight is 540 g/mol. The van der Waals surface area contributed by atoms with Crippen LogP contribution in [-0.2, 0) is 0 Å². The van der Waals surface area contributed by atoms with E-state index in [1.165, 1.54) is 32.7 Å². The Labute approximate surface area is 242 Å². The fourth-order valence-corrected chi connectivity index (χ4v) is 6.27. The summed E-state index contributed by atoms with van der Waals surface area (Å²) >= 11 is 0. The highest BCUT2D eigenvalue weighted by Gasteiger charge is 2.18. The van der Waals surface area contributed by atoms with Gasteiger partial charge in [0.05, 0.1) is 22.4 Å². The summed E-state index contributed by atoms with van der Waals surface area (Å²) in [6, 6.07) is 47.5. The minimum atomic E-state index is -0.0900. The maximum Gasteiger partial charge on any atom is 0.338 e. The van der Waals surface area contributed by atoms with E-state index in [1.807, 2.05) is 67.0 Å². The van der Waals surface area contributed by atoms with Crippen molar-refractivity contribution in [2.75, 3.05) is 0 Å².